The average molecular weight is 418 g/mol. The molecule has 8 heteroatoms. The first-order valence-corrected chi connectivity index (χ1v) is 9.59. The summed E-state index contributed by atoms with van der Waals surface area (Å²) in [5, 5.41) is 10.2. The van der Waals surface area contributed by atoms with E-state index in [0.717, 1.165) is 30.6 Å². The number of benzene rings is 2. The van der Waals surface area contributed by atoms with Gasteiger partial charge in [-0.05, 0) is 60.2 Å². The molecular weight excluding hydrogens is 397 g/mol. The third kappa shape index (κ3) is 3.63. The van der Waals surface area contributed by atoms with Gasteiger partial charge in [0, 0.05) is 17.7 Å². The first-order chi connectivity index (χ1) is 14.2. The van der Waals surface area contributed by atoms with Crippen LogP contribution in [-0.4, -0.2) is 27.9 Å². The lowest BCUT2D eigenvalue weighted by Crippen LogP contribution is -2.59. The van der Waals surface area contributed by atoms with E-state index >= 15 is 0 Å². The van der Waals surface area contributed by atoms with Crippen molar-refractivity contribution in [2.75, 3.05) is 0 Å². The average Bonchev–Trinajstić information content (AvgIpc) is 3.29. The van der Waals surface area contributed by atoms with Gasteiger partial charge in [0.05, 0.1) is 0 Å². The number of rotatable bonds is 4. The zero-order valence-electron chi connectivity index (χ0n) is 16.1. The first kappa shape index (κ1) is 20.3. The fourth-order valence-corrected chi connectivity index (χ4v) is 3.79. The second-order valence-corrected chi connectivity index (χ2v) is 7.62. The molecule has 2 aromatic carbocycles. The summed E-state index contributed by atoms with van der Waals surface area (Å²) in [7, 11) is 0. The van der Waals surface area contributed by atoms with Crippen molar-refractivity contribution in [3.8, 4) is 5.75 Å². The molecule has 1 saturated heterocycles. The van der Waals surface area contributed by atoms with Crippen molar-refractivity contribution in [1.29, 1.82) is 0 Å². The third-order valence-electron chi connectivity index (χ3n) is 5.43. The van der Waals surface area contributed by atoms with Gasteiger partial charge in [-0.25, -0.2) is 5.01 Å². The Kier molecular flexibility index (Phi) is 4.97. The van der Waals surface area contributed by atoms with Gasteiger partial charge in [0.2, 0.25) is 0 Å². The number of fused-ring (bicyclic) bond motifs is 1. The van der Waals surface area contributed by atoms with Crippen LogP contribution in [0.5, 0.6) is 5.75 Å². The van der Waals surface area contributed by atoms with E-state index in [-0.39, 0.29) is 22.9 Å². The van der Waals surface area contributed by atoms with E-state index in [0.29, 0.717) is 0 Å². The zero-order chi connectivity index (χ0) is 21.5. The Bertz CT molecular complexity index is 988. The van der Waals surface area contributed by atoms with Crippen LogP contribution in [0.25, 0.3) is 0 Å². The molecule has 4 rings (SSSR count). The molecule has 2 aromatic rings. The van der Waals surface area contributed by atoms with Crippen molar-refractivity contribution in [2.24, 2.45) is 0 Å². The summed E-state index contributed by atoms with van der Waals surface area (Å²) in [6.45, 7) is 3.66. The van der Waals surface area contributed by atoms with E-state index < -0.39 is 24.2 Å². The summed E-state index contributed by atoms with van der Waals surface area (Å²) in [5.74, 6) is -0.245. The Morgan fingerprint density at radius 2 is 1.87 bits per heavy atom. The Morgan fingerprint density at radius 3 is 2.57 bits per heavy atom. The number of alkyl halides is 3. The van der Waals surface area contributed by atoms with Crippen LogP contribution in [-0.2, 0) is 19.4 Å². The predicted octanol–water partition coefficient (Wildman–Crippen LogP) is 3.87. The summed E-state index contributed by atoms with van der Waals surface area (Å²) < 4.78 is 45.7. The number of hydrogen-bond donors (Lipinski definition) is 2. The van der Waals surface area contributed by atoms with Crippen molar-refractivity contribution in [3.05, 3.63) is 77.0 Å². The normalized spacial score (nSPS) is 20.8. The molecule has 0 saturated carbocycles. The van der Waals surface area contributed by atoms with E-state index in [2.05, 4.69) is 18.1 Å². The molecule has 2 N–H and O–H groups in total. The smallest absolute Gasteiger partial charge is 0.438 e. The highest BCUT2D eigenvalue weighted by Gasteiger charge is 2.63. The molecule has 1 aliphatic heterocycles. The number of halogens is 3. The largest absolute Gasteiger partial charge is 0.489 e. The summed E-state index contributed by atoms with van der Waals surface area (Å²) in [5.41, 5.74) is 2.20. The van der Waals surface area contributed by atoms with Crippen LogP contribution in [0.1, 0.15) is 39.9 Å². The standard InChI is InChI=1S/C22H21F3N2O3/c1-14-12-21(29,22(23,24)25)27(26-14)20(28)17-7-5-15(6-8-17)13-30-19-10-9-16-3-2-4-18(16)11-19/h5-11,26,29H,1-4,12-13H2. The Labute approximate surface area is 171 Å². The van der Waals surface area contributed by atoms with Crippen molar-refractivity contribution in [2.45, 2.75) is 44.2 Å². The lowest BCUT2D eigenvalue weighted by Gasteiger charge is -2.33. The van der Waals surface area contributed by atoms with E-state index in [4.69, 9.17) is 4.74 Å². The zero-order valence-corrected chi connectivity index (χ0v) is 16.1. The molecule has 1 aliphatic carbocycles. The number of nitrogens with one attached hydrogen (secondary N) is 1. The molecule has 1 amide bonds. The van der Waals surface area contributed by atoms with Gasteiger partial charge in [-0.1, -0.05) is 24.8 Å². The highest BCUT2D eigenvalue weighted by Crippen LogP contribution is 2.41. The van der Waals surface area contributed by atoms with Crippen molar-refractivity contribution < 1.29 is 27.8 Å². The van der Waals surface area contributed by atoms with Crippen molar-refractivity contribution in [1.82, 2.24) is 10.4 Å². The second kappa shape index (κ2) is 7.36. The van der Waals surface area contributed by atoms with E-state index in [1.807, 2.05) is 12.1 Å². The van der Waals surface area contributed by atoms with Crippen molar-refractivity contribution in [3.63, 3.8) is 0 Å². The van der Waals surface area contributed by atoms with Gasteiger partial charge in [0.15, 0.2) is 0 Å². The maximum absolute atomic E-state index is 13.3. The number of ether oxygens (including phenoxy) is 1. The number of carbonyl (C=O) groups is 1. The monoisotopic (exact) mass is 418 g/mol. The van der Waals surface area contributed by atoms with Crippen LogP contribution in [0.4, 0.5) is 13.2 Å². The highest BCUT2D eigenvalue weighted by molar-refractivity contribution is 5.94. The molecule has 2 aliphatic rings. The fourth-order valence-electron chi connectivity index (χ4n) is 3.79. The number of aryl methyl sites for hydroxylation is 2. The number of carbonyl (C=O) groups excluding carboxylic acids is 1. The number of hydrazine groups is 1. The van der Waals surface area contributed by atoms with Gasteiger partial charge < -0.3 is 9.84 Å². The summed E-state index contributed by atoms with van der Waals surface area (Å²) >= 11 is 0. The Hall–Kier alpha value is -3.00. The summed E-state index contributed by atoms with van der Waals surface area (Å²) in [6, 6.07) is 12.1. The van der Waals surface area contributed by atoms with Crippen LogP contribution in [0, 0.1) is 0 Å². The molecule has 1 heterocycles. The van der Waals surface area contributed by atoms with Crippen LogP contribution >= 0.6 is 0 Å². The fraction of sp³-hybridized carbons (Fsp3) is 0.318. The minimum atomic E-state index is -5.03. The third-order valence-corrected chi connectivity index (χ3v) is 5.43. The maximum Gasteiger partial charge on any atom is 0.438 e. The number of hydrogen-bond acceptors (Lipinski definition) is 4. The summed E-state index contributed by atoms with van der Waals surface area (Å²) in [4.78, 5) is 12.6. The van der Waals surface area contributed by atoms with Gasteiger partial charge in [-0.3, -0.25) is 10.2 Å². The molecule has 1 unspecified atom stereocenters. The van der Waals surface area contributed by atoms with Crippen LogP contribution < -0.4 is 10.2 Å². The number of aliphatic hydroxyl groups is 1. The van der Waals surface area contributed by atoms with Gasteiger partial charge in [0.25, 0.3) is 11.6 Å². The van der Waals surface area contributed by atoms with E-state index in [9.17, 15) is 23.1 Å². The Morgan fingerprint density at radius 1 is 1.17 bits per heavy atom. The quantitative estimate of drug-likeness (QED) is 0.792. The SMILES string of the molecule is C=C1CC(O)(C(F)(F)F)N(C(=O)c2ccc(COc3ccc4c(c3)CCC4)cc2)N1. The molecule has 1 fully saturated rings. The van der Waals surface area contributed by atoms with E-state index in [1.165, 1.54) is 23.3 Å². The second-order valence-electron chi connectivity index (χ2n) is 7.62. The highest BCUT2D eigenvalue weighted by atomic mass is 19.4. The first-order valence-electron chi connectivity index (χ1n) is 9.59. The van der Waals surface area contributed by atoms with Gasteiger partial charge in [-0.15, -0.1) is 0 Å². The van der Waals surface area contributed by atoms with Gasteiger partial charge >= 0.3 is 6.18 Å². The van der Waals surface area contributed by atoms with Crippen LogP contribution in [0.3, 0.4) is 0 Å². The maximum atomic E-state index is 13.3. The van der Waals surface area contributed by atoms with Gasteiger partial charge in [-0.2, -0.15) is 13.2 Å². The summed E-state index contributed by atoms with van der Waals surface area (Å²) in [6.07, 6.45) is -2.57. The molecule has 30 heavy (non-hydrogen) atoms. The van der Waals surface area contributed by atoms with Crippen LogP contribution in [0.15, 0.2) is 54.7 Å². The lowest BCUT2D eigenvalue weighted by atomic mass is 10.1. The predicted molar refractivity (Wildman–Crippen MR) is 103 cm³/mol. The van der Waals surface area contributed by atoms with E-state index in [1.54, 1.807) is 12.1 Å². The number of amides is 1. The minimum absolute atomic E-state index is 0.00107. The van der Waals surface area contributed by atoms with Crippen LogP contribution in [0.2, 0.25) is 0 Å². The molecule has 0 bridgehead atoms. The molecule has 1 atom stereocenters. The lowest BCUT2D eigenvalue weighted by molar-refractivity contribution is -0.299. The molecule has 0 spiro atoms. The van der Waals surface area contributed by atoms with Crippen molar-refractivity contribution >= 4 is 5.91 Å². The molecule has 0 aromatic heterocycles. The molecule has 5 nitrogen and oxygen atoms in total. The molecule has 0 radical (unpaired) electrons. The topological polar surface area (TPSA) is 61.8 Å². The Balaban J connectivity index is 1.44. The minimum Gasteiger partial charge on any atom is -0.489 e. The number of nitrogens with zero attached hydrogens (tertiary/aromatic N) is 1. The molecular formula is C22H21F3N2O3. The molecule has 158 valence electrons. The van der Waals surface area contributed by atoms with Gasteiger partial charge in [0.1, 0.15) is 12.4 Å².